The summed E-state index contributed by atoms with van der Waals surface area (Å²) in [7, 11) is 3.41. The van der Waals surface area contributed by atoms with Gasteiger partial charge in [0.2, 0.25) is 0 Å². The normalized spacial score (nSPS) is 10.6. The lowest BCUT2D eigenvalue weighted by Gasteiger charge is -1.99. The molecule has 0 rings (SSSR count). The van der Waals surface area contributed by atoms with Crippen LogP contribution in [0.15, 0.2) is 22.5 Å². The molecule has 0 amide bonds. The molecule has 0 aliphatic carbocycles. The third-order valence-corrected chi connectivity index (χ3v) is 0.756. The number of ether oxygens (including phenoxy) is 1. The van der Waals surface area contributed by atoms with E-state index in [0.29, 0.717) is 19.0 Å². The van der Waals surface area contributed by atoms with Crippen LogP contribution in [0.3, 0.4) is 0 Å². The number of hydrogen-bond acceptors (Lipinski definition) is 4. The number of hydrogen-bond donors (Lipinski definition) is 1. The molecule has 0 aliphatic heterocycles. The second-order valence-corrected chi connectivity index (χ2v) is 1.71. The summed E-state index contributed by atoms with van der Waals surface area (Å²) in [5.74, 6) is 0. The quantitative estimate of drug-likeness (QED) is 0.351. The van der Waals surface area contributed by atoms with Crippen molar-refractivity contribution in [3.05, 3.63) is 12.3 Å². The molecule has 4 nitrogen and oxygen atoms in total. The van der Waals surface area contributed by atoms with E-state index >= 15 is 0 Å². The molecule has 0 aromatic rings. The van der Waals surface area contributed by atoms with Crippen LogP contribution in [0.25, 0.3) is 0 Å². The predicted octanol–water partition coefficient (Wildman–Crippen LogP) is 0.776. The first kappa shape index (κ1) is 9.26. The summed E-state index contributed by atoms with van der Waals surface area (Å²) in [6.07, 6.45) is 0. The summed E-state index contributed by atoms with van der Waals surface area (Å²) in [5, 5.41) is 10.0. The molecule has 0 aliphatic rings. The van der Waals surface area contributed by atoms with Gasteiger partial charge < -0.3 is 4.74 Å². The molecule has 0 aromatic heterocycles. The van der Waals surface area contributed by atoms with Crippen molar-refractivity contribution >= 4 is 0 Å². The van der Waals surface area contributed by atoms with Crippen LogP contribution < -0.4 is 5.32 Å². The molecular weight excluding hydrogens is 130 g/mol. The Labute approximate surface area is 61.0 Å². The summed E-state index contributed by atoms with van der Waals surface area (Å²) in [6.45, 7) is 4.54. The van der Waals surface area contributed by atoms with E-state index in [4.69, 9.17) is 4.74 Å². The smallest absolute Gasteiger partial charge is 0.0968 e. The van der Waals surface area contributed by atoms with Crippen LogP contribution in [-0.2, 0) is 4.74 Å². The lowest BCUT2D eigenvalue weighted by Crippen LogP contribution is -2.12. The summed E-state index contributed by atoms with van der Waals surface area (Å²) in [5.41, 5.74) is 0.637. The molecule has 0 unspecified atom stereocenters. The first-order chi connectivity index (χ1) is 4.81. The van der Waals surface area contributed by atoms with Crippen LogP contribution in [0, 0.1) is 0 Å². The van der Waals surface area contributed by atoms with Crippen molar-refractivity contribution in [1.29, 1.82) is 0 Å². The molecule has 0 saturated carbocycles. The molecule has 0 saturated heterocycles. The molecule has 58 valence electrons. The Hall–Kier alpha value is -0.740. The molecule has 10 heavy (non-hydrogen) atoms. The van der Waals surface area contributed by atoms with Gasteiger partial charge in [0.1, 0.15) is 0 Å². The molecule has 0 aromatic carbocycles. The fraction of sp³-hybridized carbons (Fsp3) is 0.667. The van der Waals surface area contributed by atoms with Crippen molar-refractivity contribution in [1.82, 2.24) is 5.32 Å². The van der Waals surface area contributed by atoms with Gasteiger partial charge in [-0.1, -0.05) is 6.58 Å². The van der Waals surface area contributed by atoms with Gasteiger partial charge in [0, 0.05) is 7.05 Å². The number of nitrogens with one attached hydrogen (secondary N) is 1. The van der Waals surface area contributed by atoms with E-state index in [0.717, 1.165) is 0 Å². The second-order valence-electron chi connectivity index (χ2n) is 1.71. The maximum atomic E-state index is 5.03. The van der Waals surface area contributed by atoms with E-state index in [9.17, 15) is 0 Å². The summed E-state index contributed by atoms with van der Waals surface area (Å²) >= 11 is 0. The van der Waals surface area contributed by atoms with Crippen molar-refractivity contribution in [2.45, 2.75) is 0 Å². The van der Waals surface area contributed by atoms with Crippen LogP contribution in [0.4, 0.5) is 0 Å². The fourth-order valence-corrected chi connectivity index (χ4v) is 0.441. The Kier molecular flexibility index (Phi) is 5.91. The first-order valence-corrected chi connectivity index (χ1v) is 3.01. The molecule has 0 spiro atoms. The molecule has 4 heteroatoms. The van der Waals surface area contributed by atoms with Crippen molar-refractivity contribution < 1.29 is 4.74 Å². The summed E-state index contributed by atoms with van der Waals surface area (Å²) < 4.78 is 5.03. The summed E-state index contributed by atoms with van der Waals surface area (Å²) in [6, 6.07) is 0. The Morgan fingerprint density at radius 2 is 2.40 bits per heavy atom. The second kappa shape index (κ2) is 6.38. The Morgan fingerprint density at radius 1 is 1.70 bits per heavy atom. The lowest BCUT2D eigenvalue weighted by atomic mass is 10.6. The SMILES string of the molecule is C=C(COCNC)/N=N\C. The van der Waals surface area contributed by atoms with Gasteiger partial charge in [0.05, 0.1) is 19.0 Å². The van der Waals surface area contributed by atoms with E-state index in [2.05, 4.69) is 22.1 Å². The largest absolute Gasteiger partial charge is 0.360 e. The molecular formula is C6H13N3O. The minimum atomic E-state index is 0.429. The third-order valence-electron chi connectivity index (χ3n) is 0.756. The predicted molar refractivity (Wildman–Crippen MR) is 39.8 cm³/mol. The van der Waals surface area contributed by atoms with E-state index in [1.54, 1.807) is 7.05 Å². The zero-order valence-corrected chi connectivity index (χ0v) is 6.42. The summed E-state index contributed by atoms with van der Waals surface area (Å²) in [4.78, 5) is 0. The molecule has 0 atom stereocenters. The third kappa shape index (κ3) is 5.40. The highest BCUT2D eigenvalue weighted by Crippen LogP contribution is 1.92. The molecule has 0 heterocycles. The number of nitrogens with zero attached hydrogens (tertiary/aromatic N) is 2. The highest BCUT2D eigenvalue weighted by Gasteiger charge is 1.88. The van der Waals surface area contributed by atoms with Crippen molar-refractivity contribution in [2.75, 3.05) is 27.4 Å². The standard InChI is InChI=1S/C6H13N3O/c1-6(9-8-3)4-10-5-7-2/h7H,1,4-5H2,2-3H3/b9-8-. The van der Waals surface area contributed by atoms with Gasteiger partial charge in [0.25, 0.3) is 0 Å². The topological polar surface area (TPSA) is 46.0 Å². The fourth-order valence-electron chi connectivity index (χ4n) is 0.441. The average Bonchev–Trinajstić information content (AvgIpc) is 1.89. The molecule has 0 bridgehead atoms. The van der Waals surface area contributed by atoms with Crippen molar-refractivity contribution in [2.24, 2.45) is 10.2 Å². The van der Waals surface area contributed by atoms with Crippen molar-refractivity contribution in [3.8, 4) is 0 Å². The monoisotopic (exact) mass is 143 g/mol. The Morgan fingerprint density at radius 3 is 2.90 bits per heavy atom. The Balaban J connectivity index is 3.22. The lowest BCUT2D eigenvalue weighted by molar-refractivity contribution is 0.142. The molecule has 0 fully saturated rings. The molecule has 1 N–H and O–H groups in total. The van der Waals surface area contributed by atoms with Gasteiger partial charge in [0.15, 0.2) is 0 Å². The Bertz CT molecular complexity index is 122. The van der Waals surface area contributed by atoms with Crippen LogP contribution in [-0.4, -0.2) is 27.4 Å². The van der Waals surface area contributed by atoms with Crippen LogP contribution in [0.5, 0.6) is 0 Å². The zero-order valence-electron chi connectivity index (χ0n) is 6.42. The highest BCUT2D eigenvalue weighted by atomic mass is 16.5. The number of rotatable bonds is 5. The zero-order chi connectivity index (χ0) is 7.82. The minimum Gasteiger partial charge on any atom is -0.360 e. The van der Waals surface area contributed by atoms with E-state index < -0.39 is 0 Å². The van der Waals surface area contributed by atoms with Gasteiger partial charge in [-0.15, -0.1) is 0 Å². The van der Waals surface area contributed by atoms with Gasteiger partial charge in [-0.3, -0.25) is 5.32 Å². The average molecular weight is 143 g/mol. The maximum absolute atomic E-state index is 5.03. The van der Waals surface area contributed by atoms with Crippen LogP contribution in [0.2, 0.25) is 0 Å². The van der Waals surface area contributed by atoms with Crippen LogP contribution >= 0.6 is 0 Å². The maximum Gasteiger partial charge on any atom is 0.0968 e. The van der Waals surface area contributed by atoms with Gasteiger partial charge >= 0.3 is 0 Å². The van der Waals surface area contributed by atoms with E-state index in [1.165, 1.54) is 0 Å². The van der Waals surface area contributed by atoms with E-state index in [1.807, 2.05) is 7.05 Å². The van der Waals surface area contributed by atoms with Gasteiger partial charge in [-0.05, 0) is 7.05 Å². The van der Waals surface area contributed by atoms with Crippen molar-refractivity contribution in [3.63, 3.8) is 0 Å². The molecule has 0 radical (unpaired) electrons. The van der Waals surface area contributed by atoms with E-state index in [-0.39, 0.29) is 0 Å². The number of azo groups is 1. The first-order valence-electron chi connectivity index (χ1n) is 3.01. The van der Waals surface area contributed by atoms with Crippen LogP contribution in [0.1, 0.15) is 0 Å². The van der Waals surface area contributed by atoms with Gasteiger partial charge in [-0.2, -0.15) is 10.2 Å². The van der Waals surface area contributed by atoms with Gasteiger partial charge in [-0.25, -0.2) is 0 Å². The highest BCUT2D eigenvalue weighted by molar-refractivity contribution is 4.88. The minimum absolute atomic E-state index is 0.429.